The fraction of sp³-hybridized carbons (Fsp3) is 0.231. The lowest BCUT2D eigenvalue weighted by Crippen LogP contribution is -2.45. The van der Waals surface area contributed by atoms with Crippen molar-refractivity contribution < 1.29 is 14.1 Å². The van der Waals surface area contributed by atoms with Gasteiger partial charge < -0.3 is 15.6 Å². The number of aromatic nitrogens is 2. The number of nitrogens with one attached hydrogen (secondary N) is 2. The van der Waals surface area contributed by atoms with Gasteiger partial charge in [0.2, 0.25) is 11.7 Å². The highest BCUT2D eigenvalue weighted by Gasteiger charge is 2.17. The number of primary amides is 1. The Morgan fingerprint density at radius 1 is 1.33 bits per heavy atom. The Labute approximate surface area is 120 Å². The Morgan fingerprint density at radius 3 is 2.67 bits per heavy atom. The summed E-state index contributed by atoms with van der Waals surface area (Å²) in [5, 5.41) is 8.52. The molecule has 0 saturated heterocycles. The molecule has 0 aliphatic heterocycles. The van der Waals surface area contributed by atoms with E-state index in [-0.39, 0.29) is 6.01 Å². The first kappa shape index (κ1) is 14.5. The van der Waals surface area contributed by atoms with Gasteiger partial charge in [-0.25, -0.2) is 4.79 Å². The van der Waals surface area contributed by atoms with Crippen LogP contribution in [0.15, 0.2) is 34.9 Å². The van der Waals surface area contributed by atoms with E-state index in [4.69, 9.17) is 10.3 Å². The standard InChI is InChI=1S/C13H15N5O3/c1-2-9(10(14)19)15-12(20)17-13-16-11(18-21-13)8-6-4-3-5-7-8/h3-7,9H,2H2,1H3,(H2,14,19)(H2,15,16,17,18,20)/t9-/m1/s1. The summed E-state index contributed by atoms with van der Waals surface area (Å²) >= 11 is 0. The number of carbonyl (C=O) groups is 2. The summed E-state index contributed by atoms with van der Waals surface area (Å²) in [6.07, 6.45) is 0.391. The molecule has 21 heavy (non-hydrogen) atoms. The first-order valence-electron chi connectivity index (χ1n) is 6.36. The SMILES string of the molecule is CC[C@@H](NC(=O)Nc1nc(-c2ccccc2)no1)C(N)=O. The number of rotatable bonds is 5. The largest absolute Gasteiger partial charge is 0.368 e. The molecule has 0 bridgehead atoms. The third kappa shape index (κ3) is 3.78. The lowest BCUT2D eigenvalue weighted by Gasteiger charge is -2.12. The fourth-order valence-corrected chi connectivity index (χ4v) is 1.64. The number of nitrogens with two attached hydrogens (primary N) is 1. The van der Waals surface area contributed by atoms with Crippen molar-refractivity contribution in [2.45, 2.75) is 19.4 Å². The summed E-state index contributed by atoms with van der Waals surface area (Å²) in [5.74, 6) is -0.254. The number of nitrogens with zero attached hydrogens (tertiary/aromatic N) is 2. The molecule has 0 aliphatic carbocycles. The molecule has 8 heteroatoms. The van der Waals surface area contributed by atoms with Crippen molar-refractivity contribution >= 4 is 18.0 Å². The summed E-state index contributed by atoms with van der Waals surface area (Å²) in [4.78, 5) is 26.7. The van der Waals surface area contributed by atoms with Crippen LogP contribution < -0.4 is 16.4 Å². The van der Waals surface area contributed by atoms with Crippen molar-refractivity contribution in [3.8, 4) is 11.4 Å². The molecule has 2 aromatic rings. The van der Waals surface area contributed by atoms with Crippen LogP contribution in [0.3, 0.4) is 0 Å². The van der Waals surface area contributed by atoms with Crippen LogP contribution in [0.1, 0.15) is 13.3 Å². The van der Waals surface area contributed by atoms with E-state index in [0.29, 0.717) is 12.2 Å². The molecule has 3 amide bonds. The quantitative estimate of drug-likeness (QED) is 0.761. The predicted molar refractivity (Wildman–Crippen MR) is 75.2 cm³/mol. The summed E-state index contributed by atoms with van der Waals surface area (Å²) in [6, 6.07) is 7.72. The molecule has 1 heterocycles. The smallest absolute Gasteiger partial charge is 0.329 e. The van der Waals surface area contributed by atoms with Crippen LogP contribution >= 0.6 is 0 Å². The van der Waals surface area contributed by atoms with Crippen LogP contribution in [0.5, 0.6) is 0 Å². The van der Waals surface area contributed by atoms with Gasteiger partial charge in [-0.1, -0.05) is 42.4 Å². The minimum atomic E-state index is -0.749. The van der Waals surface area contributed by atoms with E-state index < -0.39 is 18.0 Å². The molecule has 1 aromatic heterocycles. The molecule has 0 saturated carbocycles. The number of benzene rings is 1. The second kappa shape index (κ2) is 6.51. The number of carbonyl (C=O) groups excluding carboxylic acids is 2. The lowest BCUT2D eigenvalue weighted by molar-refractivity contribution is -0.119. The summed E-state index contributed by atoms with van der Waals surface area (Å²) in [6.45, 7) is 1.73. The first-order chi connectivity index (χ1) is 10.1. The van der Waals surface area contributed by atoms with Gasteiger partial charge in [-0.05, 0) is 6.42 Å². The maximum absolute atomic E-state index is 11.7. The summed E-state index contributed by atoms with van der Waals surface area (Å²) < 4.78 is 4.92. The fourth-order valence-electron chi connectivity index (χ4n) is 1.64. The molecule has 1 atom stereocenters. The van der Waals surface area contributed by atoms with E-state index >= 15 is 0 Å². The predicted octanol–water partition coefficient (Wildman–Crippen LogP) is 1.12. The molecule has 0 radical (unpaired) electrons. The average Bonchev–Trinajstić information content (AvgIpc) is 2.93. The Balaban J connectivity index is 1.99. The zero-order chi connectivity index (χ0) is 15.2. The molecule has 110 valence electrons. The van der Waals surface area contributed by atoms with Crippen LogP contribution in [0.2, 0.25) is 0 Å². The monoisotopic (exact) mass is 289 g/mol. The van der Waals surface area contributed by atoms with Gasteiger partial charge in [0, 0.05) is 5.56 Å². The zero-order valence-electron chi connectivity index (χ0n) is 11.4. The van der Waals surface area contributed by atoms with Crippen molar-refractivity contribution in [2.24, 2.45) is 5.73 Å². The highest BCUT2D eigenvalue weighted by Crippen LogP contribution is 2.16. The van der Waals surface area contributed by atoms with Crippen LogP contribution in [0, 0.1) is 0 Å². The number of hydrogen-bond donors (Lipinski definition) is 3. The van der Waals surface area contributed by atoms with Crippen LogP contribution in [0.4, 0.5) is 10.8 Å². The van der Waals surface area contributed by atoms with E-state index in [1.807, 2.05) is 30.3 Å². The van der Waals surface area contributed by atoms with Crippen LogP contribution in [0.25, 0.3) is 11.4 Å². The van der Waals surface area contributed by atoms with Gasteiger partial charge in [-0.15, -0.1) is 0 Å². The third-order valence-corrected chi connectivity index (χ3v) is 2.74. The van der Waals surface area contributed by atoms with Crippen molar-refractivity contribution in [1.29, 1.82) is 0 Å². The van der Waals surface area contributed by atoms with Crippen molar-refractivity contribution in [2.75, 3.05) is 5.32 Å². The van der Waals surface area contributed by atoms with Gasteiger partial charge in [0.1, 0.15) is 6.04 Å². The molecular weight excluding hydrogens is 274 g/mol. The van der Waals surface area contributed by atoms with E-state index in [1.165, 1.54) is 0 Å². The Kier molecular flexibility index (Phi) is 4.50. The van der Waals surface area contributed by atoms with E-state index in [2.05, 4.69) is 20.8 Å². The summed E-state index contributed by atoms with van der Waals surface area (Å²) in [7, 11) is 0. The van der Waals surface area contributed by atoms with E-state index in [9.17, 15) is 9.59 Å². The van der Waals surface area contributed by atoms with Crippen molar-refractivity contribution in [1.82, 2.24) is 15.5 Å². The second-order valence-corrected chi connectivity index (χ2v) is 4.25. The molecular formula is C13H15N5O3. The van der Waals surface area contributed by atoms with Gasteiger partial charge >= 0.3 is 12.0 Å². The molecule has 8 nitrogen and oxygen atoms in total. The normalized spacial score (nSPS) is 11.7. The second-order valence-electron chi connectivity index (χ2n) is 4.25. The van der Waals surface area contributed by atoms with Gasteiger partial charge in [-0.2, -0.15) is 4.98 Å². The number of hydrogen-bond acceptors (Lipinski definition) is 5. The van der Waals surface area contributed by atoms with E-state index in [1.54, 1.807) is 6.92 Å². The van der Waals surface area contributed by atoms with Crippen molar-refractivity contribution in [3.05, 3.63) is 30.3 Å². The molecule has 0 fully saturated rings. The highest BCUT2D eigenvalue weighted by molar-refractivity contribution is 5.91. The van der Waals surface area contributed by atoms with E-state index in [0.717, 1.165) is 5.56 Å². The minimum absolute atomic E-state index is 0.0642. The number of urea groups is 1. The average molecular weight is 289 g/mol. The van der Waals surface area contributed by atoms with Gasteiger partial charge in [0.15, 0.2) is 0 Å². The lowest BCUT2D eigenvalue weighted by atomic mass is 10.2. The van der Waals surface area contributed by atoms with Gasteiger partial charge in [0.05, 0.1) is 0 Å². The molecule has 1 aromatic carbocycles. The maximum atomic E-state index is 11.7. The topological polar surface area (TPSA) is 123 Å². The Hall–Kier alpha value is -2.90. The third-order valence-electron chi connectivity index (χ3n) is 2.74. The van der Waals surface area contributed by atoms with Crippen molar-refractivity contribution in [3.63, 3.8) is 0 Å². The zero-order valence-corrected chi connectivity index (χ0v) is 11.4. The molecule has 0 aliphatic rings. The van der Waals surface area contributed by atoms with Crippen LogP contribution in [-0.2, 0) is 4.79 Å². The maximum Gasteiger partial charge on any atom is 0.329 e. The number of anilines is 1. The minimum Gasteiger partial charge on any atom is -0.368 e. The molecule has 0 spiro atoms. The van der Waals surface area contributed by atoms with Crippen LogP contribution in [-0.4, -0.2) is 28.1 Å². The highest BCUT2D eigenvalue weighted by atomic mass is 16.5. The number of amides is 3. The first-order valence-corrected chi connectivity index (χ1v) is 6.36. The molecule has 2 rings (SSSR count). The molecule has 4 N–H and O–H groups in total. The molecule has 0 unspecified atom stereocenters. The van der Waals surface area contributed by atoms with Gasteiger partial charge in [-0.3, -0.25) is 10.1 Å². The Morgan fingerprint density at radius 2 is 2.05 bits per heavy atom. The van der Waals surface area contributed by atoms with Gasteiger partial charge in [0.25, 0.3) is 0 Å². The Bertz CT molecular complexity index is 626. The summed E-state index contributed by atoms with van der Waals surface area (Å²) in [5.41, 5.74) is 5.90.